The summed E-state index contributed by atoms with van der Waals surface area (Å²) in [4.78, 5) is 24.1. The molecule has 0 aromatic heterocycles. The van der Waals surface area contributed by atoms with Gasteiger partial charge >= 0.3 is 0 Å². The Labute approximate surface area is 133 Å². The summed E-state index contributed by atoms with van der Waals surface area (Å²) in [5.41, 5.74) is 1.23. The Kier molecular flexibility index (Phi) is 3.82. The van der Waals surface area contributed by atoms with E-state index in [1.54, 1.807) is 6.07 Å². The van der Waals surface area contributed by atoms with Crippen molar-refractivity contribution >= 4 is 11.6 Å². The second-order valence-corrected chi connectivity index (χ2v) is 5.36. The van der Waals surface area contributed by atoms with Gasteiger partial charge in [-0.1, -0.05) is 6.07 Å². The predicted molar refractivity (Wildman–Crippen MR) is 80.5 cm³/mol. The molecule has 1 aromatic rings. The van der Waals surface area contributed by atoms with Crippen LogP contribution in [0, 0.1) is 5.92 Å². The number of allylic oxidation sites excluding steroid dienone is 2. The van der Waals surface area contributed by atoms with Gasteiger partial charge in [0, 0.05) is 17.6 Å². The first kappa shape index (κ1) is 15.1. The lowest BCUT2D eigenvalue weighted by atomic mass is 9.85. The molecule has 120 valence electrons. The number of rotatable bonds is 3. The number of ketones is 2. The minimum atomic E-state index is -0.323. The highest BCUT2D eigenvalue weighted by molar-refractivity contribution is 6.19. The monoisotopic (exact) mass is 316 g/mol. The zero-order chi connectivity index (χ0) is 16.6. The van der Waals surface area contributed by atoms with Gasteiger partial charge in [-0.05, 0) is 24.1 Å². The van der Waals surface area contributed by atoms with Crippen LogP contribution in [-0.2, 0) is 20.7 Å². The maximum Gasteiger partial charge on any atom is 0.220 e. The van der Waals surface area contributed by atoms with Gasteiger partial charge in [-0.3, -0.25) is 9.59 Å². The van der Waals surface area contributed by atoms with Crippen molar-refractivity contribution in [3.63, 3.8) is 0 Å². The molecule has 0 spiro atoms. The third-order valence-corrected chi connectivity index (χ3v) is 4.01. The molecule has 0 amide bonds. The number of benzene rings is 1. The minimum absolute atomic E-state index is 0.000468. The molecule has 0 unspecified atom stereocenters. The van der Waals surface area contributed by atoms with Crippen LogP contribution in [0.5, 0.6) is 17.2 Å². The number of phenolic OH excluding ortho intramolecular Hbond substituents is 1. The molecule has 6 heteroatoms. The number of hydrogen-bond donors (Lipinski definition) is 1. The number of ether oxygens (including phenoxy) is 3. The van der Waals surface area contributed by atoms with Crippen LogP contribution in [-0.4, -0.2) is 37.5 Å². The maximum absolute atomic E-state index is 12.2. The number of carbonyl (C=O) groups is 2. The fraction of sp³-hybridized carbons (Fsp3) is 0.294. The Morgan fingerprint density at radius 2 is 1.91 bits per heavy atom. The molecule has 1 aliphatic heterocycles. The third-order valence-electron chi connectivity index (χ3n) is 4.01. The van der Waals surface area contributed by atoms with Gasteiger partial charge in [-0.25, -0.2) is 0 Å². The van der Waals surface area contributed by atoms with Gasteiger partial charge < -0.3 is 19.3 Å². The summed E-state index contributed by atoms with van der Waals surface area (Å²) in [6.45, 7) is 0.230. The summed E-state index contributed by atoms with van der Waals surface area (Å²) in [5.74, 6) is 0.000793. The molecular weight excluding hydrogens is 300 g/mol. The molecule has 1 heterocycles. The molecule has 6 nitrogen and oxygen atoms in total. The van der Waals surface area contributed by atoms with Gasteiger partial charge in [0.05, 0.1) is 20.8 Å². The summed E-state index contributed by atoms with van der Waals surface area (Å²) in [6, 6.07) is 3.25. The van der Waals surface area contributed by atoms with E-state index in [1.165, 1.54) is 32.4 Å². The largest absolute Gasteiger partial charge is 0.504 e. The van der Waals surface area contributed by atoms with Gasteiger partial charge in [0.2, 0.25) is 11.5 Å². The molecular formula is C17H16O6. The van der Waals surface area contributed by atoms with Crippen LogP contribution in [0.3, 0.4) is 0 Å². The lowest BCUT2D eigenvalue weighted by Gasteiger charge is -2.28. The van der Waals surface area contributed by atoms with Crippen molar-refractivity contribution in [2.24, 2.45) is 5.92 Å². The highest BCUT2D eigenvalue weighted by Crippen LogP contribution is 2.43. The summed E-state index contributed by atoms with van der Waals surface area (Å²) in [7, 11) is 2.81. The zero-order valence-corrected chi connectivity index (χ0v) is 12.8. The SMILES string of the molecule is COC1=CC(=O)C([C@H]2COc3c(ccc(O)c3OC)C2)=CC1=O. The van der Waals surface area contributed by atoms with Crippen molar-refractivity contribution in [3.05, 3.63) is 41.2 Å². The normalized spacial score (nSPS) is 20.2. The van der Waals surface area contributed by atoms with Gasteiger partial charge in [0.1, 0.15) is 0 Å². The second kappa shape index (κ2) is 5.79. The van der Waals surface area contributed by atoms with Crippen molar-refractivity contribution in [1.29, 1.82) is 0 Å². The smallest absolute Gasteiger partial charge is 0.220 e. The highest BCUT2D eigenvalue weighted by Gasteiger charge is 2.32. The van der Waals surface area contributed by atoms with Crippen LogP contribution in [0.4, 0.5) is 0 Å². The minimum Gasteiger partial charge on any atom is -0.504 e. The van der Waals surface area contributed by atoms with Crippen molar-refractivity contribution in [2.75, 3.05) is 20.8 Å². The number of hydrogen-bond acceptors (Lipinski definition) is 6. The average Bonchev–Trinajstić information content (AvgIpc) is 2.56. The number of phenols is 1. The highest BCUT2D eigenvalue weighted by atomic mass is 16.5. The van der Waals surface area contributed by atoms with E-state index < -0.39 is 0 Å². The fourth-order valence-electron chi connectivity index (χ4n) is 2.85. The summed E-state index contributed by atoms with van der Waals surface area (Å²) in [6.07, 6.45) is 3.05. The quantitative estimate of drug-likeness (QED) is 0.852. The second-order valence-electron chi connectivity index (χ2n) is 5.36. The van der Waals surface area contributed by atoms with Gasteiger partial charge in [0.15, 0.2) is 23.0 Å². The molecule has 3 rings (SSSR count). The van der Waals surface area contributed by atoms with E-state index >= 15 is 0 Å². The number of aromatic hydroxyl groups is 1. The Morgan fingerprint density at radius 1 is 1.13 bits per heavy atom. The summed E-state index contributed by atoms with van der Waals surface area (Å²) >= 11 is 0. The molecule has 1 atom stereocenters. The van der Waals surface area contributed by atoms with Gasteiger partial charge in [0.25, 0.3) is 0 Å². The predicted octanol–water partition coefficient (Wildman–Crippen LogP) is 1.56. The topological polar surface area (TPSA) is 82.1 Å². The summed E-state index contributed by atoms with van der Waals surface area (Å²) < 4.78 is 15.7. The fourth-order valence-corrected chi connectivity index (χ4v) is 2.85. The van der Waals surface area contributed by atoms with Gasteiger partial charge in [-0.15, -0.1) is 0 Å². The van der Waals surface area contributed by atoms with E-state index in [1.807, 2.05) is 0 Å². The Bertz CT molecular complexity index is 744. The van der Waals surface area contributed by atoms with Crippen molar-refractivity contribution < 1.29 is 28.9 Å². The number of fused-ring (bicyclic) bond motifs is 1. The number of methoxy groups -OCH3 is 2. The number of carbonyl (C=O) groups excluding carboxylic acids is 2. The first-order chi connectivity index (χ1) is 11.0. The molecule has 0 saturated heterocycles. The molecule has 1 N–H and O–H groups in total. The van der Waals surface area contributed by atoms with E-state index in [0.717, 1.165) is 5.56 Å². The standard InChI is InChI=1S/C17H16O6/c1-21-15-7-13(19)11(6-14(15)20)10-5-9-3-4-12(18)17(22-2)16(9)23-8-10/h3-4,6-7,10,18H,5,8H2,1-2H3/t10-/m1/s1. The molecule has 0 saturated carbocycles. The van der Waals surface area contributed by atoms with Gasteiger partial charge in [-0.2, -0.15) is 0 Å². The third kappa shape index (κ3) is 2.56. The molecule has 2 aliphatic rings. The molecule has 1 aromatic carbocycles. The van der Waals surface area contributed by atoms with Crippen molar-refractivity contribution in [1.82, 2.24) is 0 Å². The van der Waals surface area contributed by atoms with Crippen LogP contribution in [0.25, 0.3) is 0 Å². The van der Waals surface area contributed by atoms with Crippen LogP contribution in [0.15, 0.2) is 35.6 Å². The zero-order valence-electron chi connectivity index (χ0n) is 12.8. The van der Waals surface area contributed by atoms with Crippen molar-refractivity contribution in [3.8, 4) is 17.2 Å². The average molecular weight is 316 g/mol. The molecule has 0 bridgehead atoms. The molecule has 23 heavy (non-hydrogen) atoms. The van der Waals surface area contributed by atoms with Crippen LogP contribution in [0.2, 0.25) is 0 Å². The maximum atomic E-state index is 12.2. The Morgan fingerprint density at radius 3 is 2.61 bits per heavy atom. The van der Waals surface area contributed by atoms with Crippen LogP contribution < -0.4 is 9.47 Å². The first-order valence-electron chi connectivity index (χ1n) is 7.12. The van der Waals surface area contributed by atoms with Crippen molar-refractivity contribution in [2.45, 2.75) is 6.42 Å². The Hall–Kier alpha value is -2.76. The Balaban J connectivity index is 1.89. The molecule has 0 fully saturated rings. The van der Waals surface area contributed by atoms with E-state index in [4.69, 9.17) is 14.2 Å². The van der Waals surface area contributed by atoms with Crippen LogP contribution in [0.1, 0.15) is 5.56 Å². The molecule has 1 aliphatic carbocycles. The first-order valence-corrected chi connectivity index (χ1v) is 7.12. The lowest BCUT2D eigenvalue weighted by molar-refractivity contribution is -0.117. The summed E-state index contributed by atoms with van der Waals surface area (Å²) in [5, 5.41) is 9.78. The van der Waals surface area contributed by atoms with E-state index in [9.17, 15) is 14.7 Å². The van der Waals surface area contributed by atoms with E-state index in [2.05, 4.69) is 0 Å². The van der Waals surface area contributed by atoms with E-state index in [0.29, 0.717) is 17.7 Å². The lowest BCUT2D eigenvalue weighted by Crippen LogP contribution is -2.28. The van der Waals surface area contributed by atoms with E-state index in [-0.39, 0.29) is 41.3 Å². The molecule has 0 radical (unpaired) electrons. The van der Waals surface area contributed by atoms with Crippen LogP contribution >= 0.6 is 0 Å².